The van der Waals surface area contributed by atoms with Crippen LogP contribution in [0.5, 0.6) is 0 Å². The molecule has 14 heavy (non-hydrogen) atoms. The second-order valence-electron chi connectivity index (χ2n) is 3.26. The second-order valence-corrected chi connectivity index (χ2v) is 5.71. The summed E-state index contributed by atoms with van der Waals surface area (Å²) < 4.78 is 0.114. The van der Waals surface area contributed by atoms with E-state index in [4.69, 9.17) is 11.6 Å². The molecule has 0 aliphatic rings. The molecule has 0 saturated carbocycles. The van der Waals surface area contributed by atoms with Gasteiger partial charge in [0.1, 0.15) is 0 Å². The number of hydrogen-bond donors (Lipinski definition) is 0. The number of hydrogen-bond acceptors (Lipinski definition) is 0. The monoisotopic (exact) mass is 320 g/mol. The maximum atomic E-state index is 5.83. The van der Waals surface area contributed by atoms with Crippen LogP contribution in [0.1, 0.15) is 18.4 Å². The van der Waals surface area contributed by atoms with E-state index in [0.29, 0.717) is 5.88 Å². The highest BCUT2D eigenvalue weighted by molar-refractivity contribution is 14.1. The Morgan fingerprint density at radius 1 is 1.36 bits per heavy atom. The van der Waals surface area contributed by atoms with Crippen LogP contribution in [-0.4, -0.2) is 5.88 Å². The van der Waals surface area contributed by atoms with Crippen molar-refractivity contribution >= 4 is 34.2 Å². The minimum atomic E-state index is 0.114. The Hall–Kier alpha value is -0.0200. The molecule has 1 rings (SSSR count). The van der Waals surface area contributed by atoms with Crippen molar-refractivity contribution in [2.24, 2.45) is 0 Å². The maximum Gasteiger partial charge on any atom is 0.0515 e. The van der Waals surface area contributed by atoms with Gasteiger partial charge in [-0.05, 0) is 18.4 Å². The van der Waals surface area contributed by atoms with Gasteiger partial charge in [0.05, 0.1) is 3.42 Å². The van der Waals surface area contributed by atoms with E-state index in [2.05, 4.69) is 53.4 Å². The molecule has 76 valence electrons. The molecular formula is C12H14ClI. The van der Waals surface area contributed by atoms with Gasteiger partial charge in [0.2, 0.25) is 0 Å². The van der Waals surface area contributed by atoms with Crippen molar-refractivity contribution in [1.29, 1.82) is 0 Å². The third kappa shape index (κ3) is 2.99. The molecule has 0 aromatic heterocycles. The van der Waals surface area contributed by atoms with Gasteiger partial charge in [0, 0.05) is 5.88 Å². The summed E-state index contributed by atoms with van der Waals surface area (Å²) in [5, 5.41) is 0. The van der Waals surface area contributed by atoms with Crippen molar-refractivity contribution in [1.82, 2.24) is 0 Å². The maximum absolute atomic E-state index is 5.83. The molecule has 0 aliphatic carbocycles. The van der Waals surface area contributed by atoms with Gasteiger partial charge in [-0.15, -0.1) is 18.2 Å². The van der Waals surface area contributed by atoms with Crippen molar-refractivity contribution in [2.45, 2.75) is 16.3 Å². The van der Waals surface area contributed by atoms with E-state index in [1.807, 2.05) is 12.1 Å². The Morgan fingerprint density at radius 2 is 2.00 bits per heavy atom. The fourth-order valence-electron chi connectivity index (χ4n) is 1.48. The van der Waals surface area contributed by atoms with Gasteiger partial charge >= 0.3 is 0 Å². The quantitative estimate of drug-likeness (QED) is 0.425. The van der Waals surface area contributed by atoms with Gasteiger partial charge in [0.15, 0.2) is 0 Å². The smallest absolute Gasteiger partial charge is 0.0515 e. The number of rotatable bonds is 5. The van der Waals surface area contributed by atoms with Crippen LogP contribution in [-0.2, 0) is 3.42 Å². The van der Waals surface area contributed by atoms with Crippen LogP contribution < -0.4 is 0 Å². The van der Waals surface area contributed by atoms with Gasteiger partial charge in [-0.3, -0.25) is 0 Å². The highest BCUT2D eigenvalue weighted by Gasteiger charge is 2.26. The molecule has 0 nitrogen and oxygen atoms in total. The van der Waals surface area contributed by atoms with E-state index in [-0.39, 0.29) is 3.42 Å². The van der Waals surface area contributed by atoms with Crippen molar-refractivity contribution in [3.05, 3.63) is 48.6 Å². The van der Waals surface area contributed by atoms with Crippen LogP contribution in [0.4, 0.5) is 0 Å². The zero-order valence-corrected chi connectivity index (χ0v) is 11.0. The SMILES string of the molecule is C=CCC(I)(CCCl)c1ccccc1. The Morgan fingerprint density at radius 3 is 2.50 bits per heavy atom. The predicted octanol–water partition coefficient (Wildman–Crippen LogP) is 4.52. The Labute approximate surface area is 104 Å². The first-order valence-electron chi connectivity index (χ1n) is 4.64. The first-order valence-corrected chi connectivity index (χ1v) is 6.25. The van der Waals surface area contributed by atoms with Gasteiger partial charge in [-0.1, -0.05) is 59.0 Å². The van der Waals surface area contributed by atoms with Crippen molar-refractivity contribution in [2.75, 3.05) is 5.88 Å². The fraction of sp³-hybridized carbons (Fsp3) is 0.333. The topological polar surface area (TPSA) is 0 Å². The van der Waals surface area contributed by atoms with Gasteiger partial charge in [-0.25, -0.2) is 0 Å². The second kappa shape index (κ2) is 5.76. The largest absolute Gasteiger partial charge is 0.127 e. The Bertz CT molecular complexity index is 284. The van der Waals surface area contributed by atoms with Crippen molar-refractivity contribution < 1.29 is 0 Å². The molecule has 0 aliphatic heterocycles. The van der Waals surface area contributed by atoms with Gasteiger partial charge in [0.25, 0.3) is 0 Å². The molecule has 0 radical (unpaired) electrons. The summed E-state index contributed by atoms with van der Waals surface area (Å²) in [6, 6.07) is 10.5. The Kier molecular flexibility index (Phi) is 4.96. The third-order valence-electron chi connectivity index (χ3n) is 2.25. The molecule has 0 N–H and O–H groups in total. The molecular weight excluding hydrogens is 306 g/mol. The lowest BCUT2D eigenvalue weighted by Gasteiger charge is -2.26. The summed E-state index contributed by atoms with van der Waals surface area (Å²) in [4.78, 5) is 0. The normalized spacial score (nSPS) is 14.7. The third-order valence-corrected chi connectivity index (χ3v) is 4.04. The zero-order chi connectivity index (χ0) is 10.4. The molecule has 0 amide bonds. The van der Waals surface area contributed by atoms with E-state index < -0.39 is 0 Å². The van der Waals surface area contributed by atoms with E-state index >= 15 is 0 Å². The summed E-state index contributed by atoms with van der Waals surface area (Å²) in [6.45, 7) is 3.81. The van der Waals surface area contributed by atoms with Gasteiger partial charge < -0.3 is 0 Å². The first kappa shape index (κ1) is 12.1. The lowest BCUT2D eigenvalue weighted by Crippen LogP contribution is -2.17. The van der Waals surface area contributed by atoms with Crippen LogP contribution in [0.15, 0.2) is 43.0 Å². The number of benzene rings is 1. The van der Waals surface area contributed by atoms with Crippen LogP contribution in [0.3, 0.4) is 0 Å². The lowest BCUT2D eigenvalue weighted by molar-refractivity contribution is 0.647. The molecule has 1 unspecified atom stereocenters. The summed E-state index contributed by atoms with van der Waals surface area (Å²) in [5.41, 5.74) is 1.33. The predicted molar refractivity (Wildman–Crippen MR) is 72.3 cm³/mol. The molecule has 1 aromatic rings. The van der Waals surface area contributed by atoms with E-state index in [0.717, 1.165) is 12.8 Å². The first-order chi connectivity index (χ1) is 6.73. The van der Waals surface area contributed by atoms with E-state index in [9.17, 15) is 0 Å². The minimum absolute atomic E-state index is 0.114. The van der Waals surface area contributed by atoms with E-state index in [1.54, 1.807) is 0 Å². The lowest BCUT2D eigenvalue weighted by atomic mass is 9.93. The van der Waals surface area contributed by atoms with Crippen LogP contribution in [0, 0.1) is 0 Å². The summed E-state index contributed by atoms with van der Waals surface area (Å²) in [7, 11) is 0. The molecule has 0 bridgehead atoms. The molecule has 0 fully saturated rings. The standard InChI is InChI=1S/C12H14ClI/c1-2-8-12(14,9-10-13)11-6-4-3-5-7-11/h2-7H,1,8-10H2. The molecule has 2 heteroatoms. The number of alkyl halides is 2. The fourth-order valence-corrected chi connectivity index (χ4v) is 3.06. The van der Waals surface area contributed by atoms with Crippen molar-refractivity contribution in [3.63, 3.8) is 0 Å². The molecule has 0 spiro atoms. The summed E-state index contributed by atoms with van der Waals surface area (Å²) in [6.07, 6.45) is 3.90. The average molecular weight is 321 g/mol. The van der Waals surface area contributed by atoms with Crippen molar-refractivity contribution in [3.8, 4) is 0 Å². The average Bonchev–Trinajstić information content (AvgIpc) is 2.20. The van der Waals surface area contributed by atoms with Crippen LogP contribution in [0.2, 0.25) is 0 Å². The summed E-state index contributed by atoms with van der Waals surface area (Å²) in [5.74, 6) is 0.686. The van der Waals surface area contributed by atoms with Gasteiger partial charge in [-0.2, -0.15) is 0 Å². The molecule has 1 aromatic carbocycles. The highest BCUT2D eigenvalue weighted by Crippen LogP contribution is 2.39. The number of halogens is 2. The molecule has 0 saturated heterocycles. The molecule has 1 atom stereocenters. The van der Waals surface area contributed by atoms with Crippen LogP contribution >= 0.6 is 34.2 Å². The van der Waals surface area contributed by atoms with E-state index in [1.165, 1.54) is 5.56 Å². The number of allylic oxidation sites excluding steroid dienone is 1. The zero-order valence-electron chi connectivity index (χ0n) is 8.05. The minimum Gasteiger partial charge on any atom is -0.127 e. The van der Waals surface area contributed by atoms with Crippen LogP contribution in [0.25, 0.3) is 0 Å². The Balaban J connectivity index is 2.92. The summed E-state index contributed by atoms with van der Waals surface area (Å²) >= 11 is 8.32. The molecule has 0 heterocycles. The highest BCUT2D eigenvalue weighted by atomic mass is 127.